The molecular weight excluding hydrogens is 258 g/mol. The fourth-order valence-corrected chi connectivity index (χ4v) is 2.66. The van der Waals surface area contributed by atoms with Crippen molar-refractivity contribution in [3.63, 3.8) is 0 Å². The monoisotopic (exact) mass is 271 g/mol. The minimum absolute atomic E-state index is 0.125. The number of aromatic amines is 1. The van der Waals surface area contributed by atoms with Crippen molar-refractivity contribution in [2.45, 2.75) is 19.8 Å². The number of nitrogens with one attached hydrogen (secondary N) is 1. The summed E-state index contributed by atoms with van der Waals surface area (Å²) in [6.45, 7) is 4.04. The van der Waals surface area contributed by atoms with Crippen LogP contribution in [-0.4, -0.2) is 15.0 Å². The van der Waals surface area contributed by atoms with Crippen LogP contribution in [-0.2, 0) is 0 Å². The fourth-order valence-electron chi connectivity index (χ4n) is 1.88. The predicted molar refractivity (Wildman–Crippen MR) is 77.6 cm³/mol. The molecule has 0 spiro atoms. The lowest BCUT2D eigenvalue weighted by atomic mass is 10.1. The van der Waals surface area contributed by atoms with Gasteiger partial charge in [-0.15, -0.1) is 11.3 Å². The predicted octanol–water partition coefficient (Wildman–Crippen LogP) is 3.17. The van der Waals surface area contributed by atoms with Gasteiger partial charge in [-0.05, 0) is 23.4 Å². The third-order valence-corrected chi connectivity index (χ3v) is 3.78. The Hall–Kier alpha value is -2.01. The van der Waals surface area contributed by atoms with Gasteiger partial charge in [-0.25, -0.2) is 4.98 Å². The van der Waals surface area contributed by atoms with Crippen LogP contribution >= 0.6 is 11.3 Å². The van der Waals surface area contributed by atoms with Crippen LogP contribution in [0.15, 0.2) is 34.6 Å². The van der Waals surface area contributed by atoms with Gasteiger partial charge in [0, 0.05) is 17.8 Å². The molecule has 0 amide bonds. The molecule has 3 rings (SSSR count). The zero-order valence-corrected chi connectivity index (χ0v) is 11.5. The van der Waals surface area contributed by atoms with Crippen molar-refractivity contribution < 1.29 is 0 Å². The van der Waals surface area contributed by atoms with E-state index < -0.39 is 0 Å². The number of aromatic nitrogens is 3. The van der Waals surface area contributed by atoms with Crippen molar-refractivity contribution in [3.05, 3.63) is 45.8 Å². The summed E-state index contributed by atoms with van der Waals surface area (Å²) in [5.41, 5.74) is 2.48. The van der Waals surface area contributed by atoms with Crippen LogP contribution < -0.4 is 5.56 Å². The summed E-state index contributed by atoms with van der Waals surface area (Å²) in [5, 5.41) is 2.00. The number of H-pyrrole nitrogens is 1. The Balaban J connectivity index is 2.17. The summed E-state index contributed by atoms with van der Waals surface area (Å²) in [5.74, 6) is 0.804. The molecule has 0 bridgehead atoms. The quantitative estimate of drug-likeness (QED) is 0.778. The minimum atomic E-state index is -0.125. The highest BCUT2D eigenvalue weighted by molar-refractivity contribution is 7.17. The van der Waals surface area contributed by atoms with Crippen molar-refractivity contribution in [1.82, 2.24) is 15.0 Å². The molecule has 0 saturated heterocycles. The molecule has 1 N–H and O–H groups in total. The molecule has 4 nitrogen and oxygen atoms in total. The maximum Gasteiger partial charge on any atom is 0.251 e. The Morgan fingerprint density at radius 2 is 2.16 bits per heavy atom. The average Bonchev–Trinajstić information content (AvgIpc) is 2.85. The number of hydrogen-bond acceptors (Lipinski definition) is 4. The molecule has 0 unspecified atom stereocenters. The molecule has 0 fully saturated rings. The molecule has 0 radical (unpaired) electrons. The molecule has 0 aliphatic rings. The van der Waals surface area contributed by atoms with Crippen LogP contribution in [0.25, 0.3) is 21.6 Å². The Labute approximate surface area is 114 Å². The molecule has 0 aliphatic carbocycles. The molecule has 5 heteroatoms. The maximum absolute atomic E-state index is 11.7. The van der Waals surface area contributed by atoms with E-state index in [-0.39, 0.29) is 11.5 Å². The molecule has 0 saturated carbocycles. The highest BCUT2D eigenvalue weighted by Crippen LogP contribution is 2.24. The summed E-state index contributed by atoms with van der Waals surface area (Å²) in [6, 6.07) is 5.53. The first kappa shape index (κ1) is 12.0. The van der Waals surface area contributed by atoms with Crippen molar-refractivity contribution in [1.29, 1.82) is 0 Å². The van der Waals surface area contributed by atoms with E-state index in [1.807, 2.05) is 31.4 Å². The van der Waals surface area contributed by atoms with Gasteiger partial charge in [0.2, 0.25) is 0 Å². The number of nitrogens with zero attached hydrogens (tertiary/aromatic N) is 2. The third-order valence-electron chi connectivity index (χ3n) is 2.93. The van der Waals surface area contributed by atoms with Gasteiger partial charge in [0.1, 0.15) is 5.82 Å². The SMILES string of the molecule is CC(C)c1cc(=O)[nH]c(-c2cnc3ccsc3c2)n1. The standard InChI is InChI=1S/C14H13N3OS/c1-8(2)11-6-13(18)17-14(16-11)9-5-12-10(15-7-9)3-4-19-12/h3-8H,1-2H3,(H,16,17,18). The maximum atomic E-state index is 11.7. The van der Waals surface area contributed by atoms with Crippen LogP contribution in [0.4, 0.5) is 0 Å². The van der Waals surface area contributed by atoms with Gasteiger partial charge in [0.25, 0.3) is 5.56 Å². The Bertz CT molecular complexity index is 788. The summed E-state index contributed by atoms with van der Waals surface area (Å²) in [4.78, 5) is 23.3. The van der Waals surface area contributed by atoms with Crippen molar-refractivity contribution in [3.8, 4) is 11.4 Å². The highest BCUT2D eigenvalue weighted by atomic mass is 32.1. The Kier molecular flexibility index (Phi) is 2.91. The topological polar surface area (TPSA) is 58.6 Å². The second-order valence-corrected chi connectivity index (χ2v) is 5.65. The first-order valence-electron chi connectivity index (χ1n) is 6.08. The molecule has 3 aromatic rings. The summed E-state index contributed by atoms with van der Waals surface area (Å²) >= 11 is 1.63. The summed E-state index contributed by atoms with van der Waals surface area (Å²) < 4.78 is 1.09. The lowest BCUT2D eigenvalue weighted by molar-refractivity contribution is 0.812. The van der Waals surface area contributed by atoms with Crippen molar-refractivity contribution in [2.24, 2.45) is 0 Å². The first-order valence-corrected chi connectivity index (χ1v) is 6.96. The number of hydrogen-bond donors (Lipinski definition) is 1. The van der Waals surface area contributed by atoms with E-state index in [4.69, 9.17) is 0 Å². The lowest BCUT2D eigenvalue weighted by Gasteiger charge is -2.06. The van der Waals surface area contributed by atoms with Crippen molar-refractivity contribution >= 4 is 21.6 Å². The lowest BCUT2D eigenvalue weighted by Crippen LogP contribution is -2.11. The van der Waals surface area contributed by atoms with E-state index in [1.54, 1.807) is 23.6 Å². The zero-order chi connectivity index (χ0) is 13.4. The van der Waals surface area contributed by atoms with Gasteiger partial charge in [-0.2, -0.15) is 0 Å². The minimum Gasteiger partial charge on any atom is -0.306 e. The van der Waals surface area contributed by atoms with E-state index in [0.29, 0.717) is 5.82 Å². The number of thiophene rings is 1. The normalized spacial score (nSPS) is 11.3. The van der Waals surface area contributed by atoms with Crippen LogP contribution in [0.3, 0.4) is 0 Å². The van der Waals surface area contributed by atoms with Crippen LogP contribution in [0, 0.1) is 0 Å². The zero-order valence-electron chi connectivity index (χ0n) is 10.7. The Morgan fingerprint density at radius 3 is 2.95 bits per heavy atom. The molecule has 0 aromatic carbocycles. The van der Waals surface area contributed by atoms with E-state index in [0.717, 1.165) is 21.5 Å². The third kappa shape index (κ3) is 2.29. The van der Waals surface area contributed by atoms with Gasteiger partial charge in [-0.1, -0.05) is 13.8 Å². The van der Waals surface area contributed by atoms with Crippen LogP contribution in [0.1, 0.15) is 25.5 Å². The first-order chi connectivity index (χ1) is 9.13. The van der Waals surface area contributed by atoms with Crippen LogP contribution in [0.2, 0.25) is 0 Å². The van der Waals surface area contributed by atoms with Gasteiger partial charge < -0.3 is 4.98 Å². The van der Waals surface area contributed by atoms with Gasteiger partial charge in [0.15, 0.2) is 0 Å². The number of pyridine rings is 1. The number of fused-ring (bicyclic) bond motifs is 1. The molecule has 19 heavy (non-hydrogen) atoms. The van der Waals surface area contributed by atoms with E-state index in [1.165, 1.54) is 0 Å². The highest BCUT2D eigenvalue weighted by Gasteiger charge is 2.08. The molecule has 3 heterocycles. The van der Waals surface area contributed by atoms with Gasteiger partial charge >= 0.3 is 0 Å². The van der Waals surface area contributed by atoms with Gasteiger partial charge in [-0.3, -0.25) is 9.78 Å². The van der Waals surface area contributed by atoms with Crippen molar-refractivity contribution in [2.75, 3.05) is 0 Å². The second-order valence-electron chi connectivity index (χ2n) is 4.70. The molecular formula is C14H13N3OS. The number of rotatable bonds is 2. The summed E-state index contributed by atoms with van der Waals surface area (Å²) in [7, 11) is 0. The molecule has 3 aromatic heterocycles. The van der Waals surface area contributed by atoms with Crippen LogP contribution in [0.5, 0.6) is 0 Å². The fraction of sp³-hybridized carbons (Fsp3) is 0.214. The average molecular weight is 271 g/mol. The van der Waals surface area contributed by atoms with E-state index >= 15 is 0 Å². The van der Waals surface area contributed by atoms with E-state index in [2.05, 4.69) is 15.0 Å². The molecule has 0 atom stereocenters. The molecule has 0 aliphatic heterocycles. The molecule has 96 valence electrons. The second kappa shape index (κ2) is 4.59. The summed E-state index contributed by atoms with van der Waals surface area (Å²) in [6.07, 6.45) is 1.75. The van der Waals surface area contributed by atoms with Gasteiger partial charge in [0.05, 0.1) is 15.9 Å². The smallest absolute Gasteiger partial charge is 0.251 e. The largest absolute Gasteiger partial charge is 0.306 e. The Morgan fingerprint density at radius 1 is 1.32 bits per heavy atom. The van der Waals surface area contributed by atoms with E-state index in [9.17, 15) is 4.79 Å².